The third-order valence-electron chi connectivity index (χ3n) is 1.80. The quantitative estimate of drug-likeness (QED) is 0.734. The Hall–Kier alpha value is -1.29. The Kier molecular flexibility index (Phi) is 2.96. The zero-order valence-corrected chi connectivity index (χ0v) is 8.78. The number of hydrogen-bond donors (Lipinski definition) is 1. The molecular formula is C10H16N2O2. The number of nitrogens with two attached hydrogens (primary N) is 1. The van der Waals surface area contributed by atoms with Crippen LogP contribution in [-0.4, -0.2) is 23.2 Å². The van der Waals surface area contributed by atoms with Crippen LogP contribution in [0.2, 0.25) is 0 Å². The van der Waals surface area contributed by atoms with Crippen LogP contribution in [0.25, 0.3) is 0 Å². The molecule has 0 unspecified atom stereocenters. The van der Waals surface area contributed by atoms with Crippen molar-refractivity contribution in [3.63, 3.8) is 0 Å². The first-order chi connectivity index (χ1) is 6.44. The lowest BCUT2D eigenvalue weighted by molar-refractivity contribution is 0.0587. The molecule has 4 heteroatoms. The molecule has 0 bridgehead atoms. The van der Waals surface area contributed by atoms with Gasteiger partial charge < -0.3 is 15.0 Å². The van der Waals surface area contributed by atoms with Gasteiger partial charge in [0.25, 0.3) is 0 Å². The molecule has 0 amide bonds. The van der Waals surface area contributed by atoms with Gasteiger partial charge in [-0.3, -0.25) is 0 Å². The third-order valence-corrected chi connectivity index (χ3v) is 1.80. The maximum absolute atomic E-state index is 11.3. The molecule has 14 heavy (non-hydrogen) atoms. The van der Waals surface area contributed by atoms with Gasteiger partial charge in [-0.15, -0.1) is 0 Å². The van der Waals surface area contributed by atoms with Crippen LogP contribution in [0.5, 0.6) is 0 Å². The second kappa shape index (κ2) is 3.84. The van der Waals surface area contributed by atoms with Crippen LogP contribution in [-0.2, 0) is 11.3 Å². The summed E-state index contributed by atoms with van der Waals surface area (Å²) in [6, 6.07) is 3.52. The van der Waals surface area contributed by atoms with Gasteiger partial charge in [-0.25, -0.2) is 4.79 Å². The molecule has 1 heterocycles. The Morgan fingerprint density at radius 2 is 2.29 bits per heavy atom. The smallest absolute Gasteiger partial charge is 0.354 e. The molecule has 0 saturated heterocycles. The molecule has 0 aliphatic rings. The van der Waals surface area contributed by atoms with Gasteiger partial charge in [0, 0.05) is 18.3 Å². The van der Waals surface area contributed by atoms with E-state index in [2.05, 4.69) is 4.74 Å². The number of hydrogen-bond acceptors (Lipinski definition) is 3. The van der Waals surface area contributed by atoms with Gasteiger partial charge in [0.1, 0.15) is 5.69 Å². The van der Waals surface area contributed by atoms with E-state index in [1.54, 1.807) is 16.7 Å². The Bertz CT molecular complexity index is 323. The number of ether oxygens (including phenoxy) is 1. The number of carbonyl (C=O) groups excluding carboxylic acids is 1. The lowest BCUT2D eigenvalue weighted by Gasteiger charge is -2.20. The van der Waals surface area contributed by atoms with Crippen LogP contribution in [0.1, 0.15) is 24.3 Å². The van der Waals surface area contributed by atoms with Crippen LogP contribution in [0, 0.1) is 0 Å². The van der Waals surface area contributed by atoms with Crippen molar-refractivity contribution >= 4 is 5.97 Å². The predicted molar refractivity (Wildman–Crippen MR) is 54.0 cm³/mol. The van der Waals surface area contributed by atoms with Crippen LogP contribution in [0.15, 0.2) is 18.3 Å². The zero-order chi connectivity index (χ0) is 10.8. The first kappa shape index (κ1) is 10.8. The first-order valence-electron chi connectivity index (χ1n) is 4.46. The van der Waals surface area contributed by atoms with Crippen molar-refractivity contribution in [1.29, 1.82) is 0 Å². The fraction of sp³-hybridized carbons (Fsp3) is 0.500. The molecule has 78 valence electrons. The monoisotopic (exact) mass is 196 g/mol. The van der Waals surface area contributed by atoms with Crippen molar-refractivity contribution in [2.45, 2.75) is 25.9 Å². The molecule has 0 aliphatic heterocycles. The third kappa shape index (κ3) is 2.60. The molecule has 0 aliphatic carbocycles. The van der Waals surface area contributed by atoms with Gasteiger partial charge in [-0.1, -0.05) is 0 Å². The number of nitrogens with zero attached hydrogens (tertiary/aromatic N) is 1. The van der Waals surface area contributed by atoms with Crippen LogP contribution >= 0.6 is 0 Å². The molecule has 0 atom stereocenters. The summed E-state index contributed by atoms with van der Waals surface area (Å²) in [6.07, 6.45) is 1.82. The highest BCUT2D eigenvalue weighted by Crippen LogP contribution is 2.09. The molecule has 2 N–H and O–H groups in total. The lowest BCUT2D eigenvalue weighted by atomic mass is 10.1. The molecule has 0 radical (unpaired) electrons. The second-order valence-electron chi connectivity index (χ2n) is 4.00. The Balaban J connectivity index is 2.88. The van der Waals surface area contributed by atoms with E-state index < -0.39 is 0 Å². The minimum absolute atomic E-state index is 0.334. The van der Waals surface area contributed by atoms with E-state index in [1.807, 2.05) is 20.0 Å². The molecule has 0 spiro atoms. The normalized spacial score (nSPS) is 11.4. The summed E-state index contributed by atoms with van der Waals surface area (Å²) in [7, 11) is 1.37. The number of rotatable bonds is 3. The highest BCUT2D eigenvalue weighted by atomic mass is 16.5. The summed E-state index contributed by atoms with van der Waals surface area (Å²) in [5.74, 6) is -0.334. The Morgan fingerprint density at radius 3 is 2.79 bits per heavy atom. The summed E-state index contributed by atoms with van der Waals surface area (Å²) < 4.78 is 6.45. The van der Waals surface area contributed by atoms with Gasteiger partial charge >= 0.3 is 5.97 Å². The molecule has 0 aromatic carbocycles. The van der Waals surface area contributed by atoms with E-state index >= 15 is 0 Å². The van der Waals surface area contributed by atoms with Gasteiger partial charge in [0.05, 0.1) is 7.11 Å². The molecular weight excluding hydrogens is 180 g/mol. The number of esters is 1. The van der Waals surface area contributed by atoms with Gasteiger partial charge in [-0.2, -0.15) is 0 Å². The predicted octanol–water partition coefficient (Wildman–Crippen LogP) is 1.01. The first-order valence-corrected chi connectivity index (χ1v) is 4.46. The van der Waals surface area contributed by atoms with Crippen LogP contribution < -0.4 is 5.73 Å². The van der Waals surface area contributed by atoms with E-state index in [0.29, 0.717) is 12.2 Å². The summed E-state index contributed by atoms with van der Waals surface area (Å²) in [5.41, 5.74) is 6.05. The van der Waals surface area contributed by atoms with Crippen molar-refractivity contribution in [2.75, 3.05) is 7.11 Å². The van der Waals surface area contributed by atoms with Crippen LogP contribution in [0.3, 0.4) is 0 Å². The van der Waals surface area contributed by atoms with E-state index in [9.17, 15) is 4.79 Å². The van der Waals surface area contributed by atoms with E-state index in [-0.39, 0.29) is 11.5 Å². The lowest BCUT2D eigenvalue weighted by Crippen LogP contribution is -2.37. The van der Waals surface area contributed by atoms with Gasteiger partial charge in [-0.05, 0) is 26.0 Å². The van der Waals surface area contributed by atoms with Crippen molar-refractivity contribution < 1.29 is 9.53 Å². The maximum atomic E-state index is 11.3. The number of carbonyl (C=O) groups is 1. The van der Waals surface area contributed by atoms with Gasteiger partial charge in [0.2, 0.25) is 0 Å². The molecule has 0 fully saturated rings. The molecule has 0 saturated carbocycles. The summed E-state index contributed by atoms with van der Waals surface area (Å²) in [5, 5.41) is 0. The zero-order valence-electron chi connectivity index (χ0n) is 8.78. The van der Waals surface area contributed by atoms with Crippen molar-refractivity contribution in [1.82, 2.24) is 4.57 Å². The van der Waals surface area contributed by atoms with E-state index in [0.717, 1.165) is 0 Å². The maximum Gasteiger partial charge on any atom is 0.354 e. The molecule has 1 aromatic rings. The SMILES string of the molecule is COC(=O)c1cccn1CC(C)(C)N. The van der Waals surface area contributed by atoms with E-state index in [1.165, 1.54) is 7.11 Å². The largest absolute Gasteiger partial charge is 0.464 e. The Labute approximate surface area is 83.7 Å². The van der Waals surface area contributed by atoms with Gasteiger partial charge in [0.15, 0.2) is 0 Å². The minimum atomic E-state index is -0.345. The Morgan fingerprint density at radius 1 is 1.64 bits per heavy atom. The van der Waals surface area contributed by atoms with Crippen molar-refractivity contribution in [3.05, 3.63) is 24.0 Å². The van der Waals surface area contributed by atoms with E-state index in [4.69, 9.17) is 5.73 Å². The molecule has 4 nitrogen and oxygen atoms in total. The molecule has 1 aromatic heterocycles. The average Bonchev–Trinajstić information content (AvgIpc) is 2.48. The number of aromatic nitrogens is 1. The second-order valence-corrected chi connectivity index (χ2v) is 4.00. The topological polar surface area (TPSA) is 57.2 Å². The fourth-order valence-electron chi connectivity index (χ4n) is 1.28. The highest BCUT2D eigenvalue weighted by Gasteiger charge is 2.16. The fourth-order valence-corrected chi connectivity index (χ4v) is 1.28. The van der Waals surface area contributed by atoms with Crippen molar-refractivity contribution in [2.24, 2.45) is 5.73 Å². The standard InChI is InChI=1S/C10H16N2O2/c1-10(2,11)7-12-6-4-5-8(12)9(13)14-3/h4-6H,7,11H2,1-3H3. The average molecular weight is 196 g/mol. The summed E-state index contributed by atoms with van der Waals surface area (Å²) >= 11 is 0. The van der Waals surface area contributed by atoms with Crippen LogP contribution in [0.4, 0.5) is 0 Å². The highest BCUT2D eigenvalue weighted by molar-refractivity contribution is 5.87. The summed E-state index contributed by atoms with van der Waals surface area (Å²) in [6.45, 7) is 4.41. The summed E-state index contributed by atoms with van der Waals surface area (Å²) in [4.78, 5) is 11.3. The van der Waals surface area contributed by atoms with Crippen molar-refractivity contribution in [3.8, 4) is 0 Å². The minimum Gasteiger partial charge on any atom is -0.464 e. The number of methoxy groups -OCH3 is 1. The molecule has 1 rings (SSSR count).